The smallest absolute Gasteiger partial charge is 0.242 e. The molecule has 2 aliphatic rings. The molecule has 0 aromatic heterocycles. The predicted octanol–water partition coefficient (Wildman–Crippen LogP) is 0.438. The lowest BCUT2D eigenvalue weighted by Gasteiger charge is -2.33. The van der Waals surface area contributed by atoms with Gasteiger partial charge in [0.15, 0.2) is 0 Å². The Morgan fingerprint density at radius 2 is 2.05 bits per heavy atom. The SMILES string of the molecule is O=C1CN([C@H](C(=O)NC2CC2)c2ccccc2)CCN1. The number of rotatable bonds is 4. The Kier molecular flexibility index (Phi) is 3.69. The quantitative estimate of drug-likeness (QED) is 0.837. The van der Waals surface area contributed by atoms with E-state index in [1.54, 1.807) is 0 Å². The molecule has 1 atom stereocenters. The second kappa shape index (κ2) is 5.63. The van der Waals surface area contributed by atoms with Gasteiger partial charge in [-0.3, -0.25) is 14.5 Å². The molecule has 1 aromatic carbocycles. The molecule has 1 heterocycles. The van der Waals surface area contributed by atoms with E-state index < -0.39 is 0 Å². The lowest BCUT2D eigenvalue weighted by atomic mass is 10.0. The van der Waals surface area contributed by atoms with Crippen LogP contribution in [0.1, 0.15) is 24.4 Å². The topological polar surface area (TPSA) is 61.4 Å². The zero-order chi connectivity index (χ0) is 13.9. The van der Waals surface area contributed by atoms with Crippen LogP contribution in [0.5, 0.6) is 0 Å². The van der Waals surface area contributed by atoms with E-state index in [2.05, 4.69) is 10.6 Å². The molecule has 1 saturated carbocycles. The van der Waals surface area contributed by atoms with Crippen LogP contribution in [0.2, 0.25) is 0 Å². The number of hydrogen-bond donors (Lipinski definition) is 2. The molecule has 1 aliphatic carbocycles. The molecule has 2 amide bonds. The number of piperazine rings is 1. The molecule has 5 heteroatoms. The highest BCUT2D eigenvalue weighted by Crippen LogP contribution is 2.25. The van der Waals surface area contributed by atoms with Crippen LogP contribution in [0, 0.1) is 0 Å². The van der Waals surface area contributed by atoms with Gasteiger partial charge in [-0.05, 0) is 18.4 Å². The fourth-order valence-corrected chi connectivity index (χ4v) is 2.55. The van der Waals surface area contributed by atoms with Gasteiger partial charge in [0.2, 0.25) is 11.8 Å². The largest absolute Gasteiger partial charge is 0.354 e. The molecule has 20 heavy (non-hydrogen) atoms. The van der Waals surface area contributed by atoms with Crippen molar-refractivity contribution in [3.05, 3.63) is 35.9 Å². The Hall–Kier alpha value is -1.88. The van der Waals surface area contributed by atoms with E-state index in [1.165, 1.54) is 0 Å². The van der Waals surface area contributed by atoms with Gasteiger partial charge in [0.05, 0.1) is 6.54 Å². The molecule has 2 fully saturated rings. The number of benzene rings is 1. The van der Waals surface area contributed by atoms with Gasteiger partial charge in [0.1, 0.15) is 6.04 Å². The Bertz CT molecular complexity index is 499. The third-order valence-corrected chi connectivity index (χ3v) is 3.72. The van der Waals surface area contributed by atoms with Crippen molar-refractivity contribution in [1.29, 1.82) is 0 Å². The molecule has 0 radical (unpaired) electrons. The number of carbonyl (C=O) groups is 2. The van der Waals surface area contributed by atoms with E-state index in [-0.39, 0.29) is 24.4 Å². The molecule has 5 nitrogen and oxygen atoms in total. The number of hydrogen-bond acceptors (Lipinski definition) is 3. The summed E-state index contributed by atoms with van der Waals surface area (Å²) in [5.74, 6) is -0.00944. The molecular weight excluding hydrogens is 254 g/mol. The van der Waals surface area contributed by atoms with Crippen molar-refractivity contribution in [2.75, 3.05) is 19.6 Å². The first-order valence-electron chi connectivity index (χ1n) is 7.10. The fraction of sp³-hybridized carbons (Fsp3) is 0.467. The van der Waals surface area contributed by atoms with E-state index in [1.807, 2.05) is 35.2 Å². The summed E-state index contributed by atoms with van der Waals surface area (Å²) in [6.07, 6.45) is 2.13. The van der Waals surface area contributed by atoms with Gasteiger partial charge >= 0.3 is 0 Å². The zero-order valence-corrected chi connectivity index (χ0v) is 11.3. The van der Waals surface area contributed by atoms with Gasteiger partial charge in [-0.2, -0.15) is 0 Å². The average molecular weight is 273 g/mol. The third kappa shape index (κ3) is 2.99. The first-order valence-corrected chi connectivity index (χ1v) is 7.10. The highest BCUT2D eigenvalue weighted by molar-refractivity contribution is 5.85. The Morgan fingerprint density at radius 1 is 1.30 bits per heavy atom. The van der Waals surface area contributed by atoms with Crippen molar-refractivity contribution in [3.8, 4) is 0 Å². The minimum atomic E-state index is -0.372. The lowest BCUT2D eigenvalue weighted by Crippen LogP contribution is -2.52. The number of nitrogens with zero attached hydrogens (tertiary/aromatic N) is 1. The maximum Gasteiger partial charge on any atom is 0.242 e. The summed E-state index contributed by atoms with van der Waals surface area (Å²) in [5, 5.41) is 5.85. The summed E-state index contributed by atoms with van der Waals surface area (Å²) < 4.78 is 0. The van der Waals surface area contributed by atoms with Crippen LogP contribution < -0.4 is 10.6 Å². The van der Waals surface area contributed by atoms with Gasteiger partial charge in [-0.15, -0.1) is 0 Å². The van der Waals surface area contributed by atoms with Crippen LogP contribution >= 0.6 is 0 Å². The van der Waals surface area contributed by atoms with Gasteiger partial charge in [-0.25, -0.2) is 0 Å². The third-order valence-electron chi connectivity index (χ3n) is 3.72. The van der Waals surface area contributed by atoms with Crippen LogP contribution in [0.3, 0.4) is 0 Å². The highest BCUT2D eigenvalue weighted by atomic mass is 16.2. The van der Waals surface area contributed by atoms with Gasteiger partial charge in [0.25, 0.3) is 0 Å². The highest BCUT2D eigenvalue weighted by Gasteiger charge is 2.33. The van der Waals surface area contributed by atoms with Crippen LogP contribution in [0.25, 0.3) is 0 Å². The minimum Gasteiger partial charge on any atom is -0.354 e. The van der Waals surface area contributed by atoms with Crippen LogP contribution in [-0.2, 0) is 9.59 Å². The van der Waals surface area contributed by atoms with Gasteiger partial charge in [-0.1, -0.05) is 30.3 Å². The van der Waals surface area contributed by atoms with Crippen molar-refractivity contribution >= 4 is 11.8 Å². The van der Waals surface area contributed by atoms with Gasteiger partial charge in [0, 0.05) is 19.1 Å². The molecule has 2 N–H and O–H groups in total. The molecule has 0 bridgehead atoms. The Balaban J connectivity index is 1.81. The minimum absolute atomic E-state index is 0.00778. The van der Waals surface area contributed by atoms with E-state index in [9.17, 15) is 9.59 Å². The number of nitrogens with one attached hydrogen (secondary N) is 2. The first-order chi connectivity index (χ1) is 9.74. The second-order valence-corrected chi connectivity index (χ2v) is 5.42. The van der Waals surface area contributed by atoms with Crippen molar-refractivity contribution in [1.82, 2.24) is 15.5 Å². The summed E-state index contributed by atoms with van der Waals surface area (Å²) in [5.41, 5.74) is 0.945. The van der Waals surface area contributed by atoms with E-state index >= 15 is 0 Å². The number of carbonyl (C=O) groups excluding carboxylic acids is 2. The van der Waals surface area contributed by atoms with Crippen LogP contribution in [0.15, 0.2) is 30.3 Å². The molecular formula is C15H19N3O2. The van der Waals surface area contributed by atoms with E-state index in [0.717, 1.165) is 18.4 Å². The average Bonchev–Trinajstić information content (AvgIpc) is 3.24. The molecule has 0 unspecified atom stereocenters. The van der Waals surface area contributed by atoms with Crippen molar-refractivity contribution in [3.63, 3.8) is 0 Å². The lowest BCUT2D eigenvalue weighted by molar-refractivity contribution is -0.131. The maximum atomic E-state index is 12.5. The standard InChI is InChI=1S/C15H19N3O2/c19-13-10-18(9-8-16-13)14(11-4-2-1-3-5-11)15(20)17-12-6-7-12/h1-5,12,14H,6-10H2,(H,16,19)(H,17,20)/t14-/m0/s1. The van der Waals surface area contributed by atoms with E-state index in [0.29, 0.717) is 19.1 Å². The number of amides is 2. The van der Waals surface area contributed by atoms with Crippen molar-refractivity contribution in [2.24, 2.45) is 0 Å². The predicted molar refractivity (Wildman–Crippen MR) is 74.9 cm³/mol. The Morgan fingerprint density at radius 3 is 2.70 bits per heavy atom. The summed E-state index contributed by atoms with van der Waals surface area (Å²) in [7, 11) is 0. The molecule has 1 aromatic rings. The maximum absolute atomic E-state index is 12.5. The second-order valence-electron chi connectivity index (χ2n) is 5.42. The summed E-state index contributed by atoms with van der Waals surface area (Å²) in [6, 6.07) is 9.64. The van der Waals surface area contributed by atoms with Gasteiger partial charge < -0.3 is 10.6 Å². The van der Waals surface area contributed by atoms with Crippen molar-refractivity contribution in [2.45, 2.75) is 24.9 Å². The fourth-order valence-electron chi connectivity index (χ4n) is 2.55. The molecule has 106 valence electrons. The van der Waals surface area contributed by atoms with Crippen LogP contribution in [-0.4, -0.2) is 42.4 Å². The molecule has 0 spiro atoms. The molecule has 1 saturated heterocycles. The van der Waals surface area contributed by atoms with E-state index in [4.69, 9.17) is 0 Å². The first kappa shape index (κ1) is 13.1. The summed E-state index contributed by atoms with van der Waals surface area (Å²) in [4.78, 5) is 26.0. The Labute approximate surface area is 118 Å². The monoisotopic (exact) mass is 273 g/mol. The summed E-state index contributed by atoms with van der Waals surface area (Å²) >= 11 is 0. The summed E-state index contributed by atoms with van der Waals surface area (Å²) in [6.45, 7) is 1.57. The van der Waals surface area contributed by atoms with Crippen LogP contribution in [0.4, 0.5) is 0 Å². The molecule has 3 rings (SSSR count). The van der Waals surface area contributed by atoms with Crippen molar-refractivity contribution < 1.29 is 9.59 Å². The molecule has 1 aliphatic heterocycles. The normalized spacial score (nSPS) is 21.1. The zero-order valence-electron chi connectivity index (χ0n) is 11.3.